The topological polar surface area (TPSA) is 79.3 Å². The van der Waals surface area contributed by atoms with Gasteiger partial charge in [-0.3, -0.25) is 14.4 Å². The molecule has 7 rings (SSSR count). The summed E-state index contributed by atoms with van der Waals surface area (Å²) in [7, 11) is 1.81. The number of carbonyl (C=O) groups is 1. The van der Waals surface area contributed by atoms with Crippen LogP contribution in [0.2, 0.25) is 0 Å². The largest absolute Gasteiger partial charge is 0.377 e. The van der Waals surface area contributed by atoms with Crippen LogP contribution >= 0.6 is 0 Å². The second-order valence-corrected chi connectivity index (χ2v) is 9.69. The van der Waals surface area contributed by atoms with Crippen LogP contribution in [-0.4, -0.2) is 51.0 Å². The Labute approximate surface area is 201 Å². The Bertz CT molecular complexity index is 1480. The average molecular weight is 473 g/mol. The van der Waals surface area contributed by atoms with Gasteiger partial charge in [0, 0.05) is 35.2 Å². The van der Waals surface area contributed by atoms with Crippen LogP contribution in [0.15, 0.2) is 42.7 Å². The molecule has 3 aliphatic heterocycles. The van der Waals surface area contributed by atoms with Crippen LogP contribution in [0.4, 0.5) is 15.8 Å². The van der Waals surface area contributed by atoms with E-state index in [0.717, 1.165) is 40.8 Å². The zero-order chi connectivity index (χ0) is 23.8. The number of aryl methyl sites for hydroxylation is 1. The number of H-pyrrole nitrogens is 1. The van der Waals surface area contributed by atoms with E-state index in [-0.39, 0.29) is 23.8 Å². The van der Waals surface area contributed by atoms with Gasteiger partial charge in [-0.2, -0.15) is 5.10 Å². The van der Waals surface area contributed by atoms with Gasteiger partial charge in [0.25, 0.3) is 5.91 Å². The standard InChI is InChI=1S/C26H25FN6O2/c1-14-23-24(30-31(14)2)26(34)33(16-6-8-21-22(10-16)29-13-28-21)25(23)19-7-5-15(9-20(19)27)32-17-3-4-18(32)12-35-11-17/h5-10,13,17-18,25H,3-4,11-12H2,1-2H3,(H,28,29). The first-order valence-electron chi connectivity index (χ1n) is 12.0. The normalized spacial score (nSPS) is 23.5. The lowest BCUT2D eigenvalue weighted by Crippen LogP contribution is -2.46. The van der Waals surface area contributed by atoms with Gasteiger partial charge in [0.2, 0.25) is 0 Å². The van der Waals surface area contributed by atoms with Crippen molar-refractivity contribution in [3.63, 3.8) is 0 Å². The minimum Gasteiger partial charge on any atom is -0.377 e. The number of hydrogen-bond donors (Lipinski definition) is 1. The molecule has 3 aliphatic rings. The van der Waals surface area contributed by atoms with Crippen molar-refractivity contribution in [2.24, 2.45) is 7.05 Å². The van der Waals surface area contributed by atoms with Crippen molar-refractivity contribution in [1.82, 2.24) is 19.7 Å². The van der Waals surface area contributed by atoms with E-state index >= 15 is 4.39 Å². The Kier molecular flexibility index (Phi) is 4.36. The van der Waals surface area contributed by atoms with Crippen molar-refractivity contribution in [2.45, 2.75) is 37.9 Å². The van der Waals surface area contributed by atoms with Gasteiger partial charge >= 0.3 is 0 Å². The number of hydrogen-bond acceptors (Lipinski definition) is 5. The number of morpholine rings is 1. The van der Waals surface area contributed by atoms with Gasteiger partial charge < -0.3 is 14.6 Å². The zero-order valence-corrected chi connectivity index (χ0v) is 19.5. The van der Waals surface area contributed by atoms with E-state index in [2.05, 4.69) is 20.0 Å². The highest BCUT2D eigenvalue weighted by Gasteiger charge is 2.44. The first-order chi connectivity index (χ1) is 17.0. The Hall–Kier alpha value is -3.72. The summed E-state index contributed by atoms with van der Waals surface area (Å²) >= 11 is 0. The van der Waals surface area contributed by atoms with E-state index in [0.29, 0.717) is 30.2 Å². The molecule has 178 valence electrons. The average Bonchev–Trinajstić information content (AvgIpc) is 3.57. The number of aromatic nitrogens is 4. The summed E-state index contributed by atoms with van der Waals surface area (Å²) < 4.78 is 23.3. The summed E-state index contributed by atoms with van der Waals surface area (Å²) in [6, 6.07) is 11.0. The maximum absolute atomic E-state index is 15.9. The number of amides is 1. The van der Waals surface area contributed by atoms with Crippen molar-refractivity contribution in [1.29, 1.82) is 0 Å². The summed E-state index contributed by atoms with van der Waals surface area (Å²) in [5.74, 6) is -0.558. The van der Waals surface area contributed by atoms with E-state index in [9.17, 15) is 4.79 Å². The third-order valence-corrected chi connectivity index (χ3v) is 7.83. The van der Waals surface area contributed by atoms with Crippen LogP contribution in [0.1, 0.15) is 46.2 Å². The lowest BCUT2D eigenvalue weighted by molar-refractivity contribution is 0.0906. The molecule has 0 radical (unpaired) electrons. The van der Waals surface area contributed by atoms with Crippen LogP contribution in [0.25, 0.3) is 11.0 Å². The van der Waals surface area contributed by atoms with Crippen molar-refractivity contribution >= 4 is 28.3 Å². The van der Waals surface area contributed by atoms with Gasteiger partial charge in [-0.05, 0) is 50.1 Å². The second-order valence-electron chi connectivity index (χ2n) is 9.69. The molecule has 3 unspecified atom stereocenters. The minimum absolute atomic E-state index is 0.234. The molecule has 2 fully saturated rings. The van der Waals surface area contributed by atoms with Crippen molar-refractivity contribution < 1.29 is 13.9 Å². The predicted octanol–water partition coefficient (Wildman–Crippen LogP) is 3.86. The van der Waals surface area contributed by atoms with E-state index in [1.165, 1.54) is 0 Å². The minimum atomic E-state index is -0.609. The van der Waals surface area contributed by atoms with Crippen molar-refractivity contribution in [3.05, 3.63) is 71.1 Å². The number of nitrogens with zero attached hydrogens (tertiary/aromatic N) is 5. The number of carbonyl (C=O) groups excluding carboxylic acids is 1. The summed E-state index contributed by atoms with van der Waals surface area (Å²) in [5.41, 5.74) is 5.59. The van der Waals surface area contributed by atoms with Gasteiger partial charge in [0.05, 0.1) is 48.7 Å². The summed E-state index contributed by atoms with van der Waals surface area (Å²) in [6.45, 7) is 3.28. The Morgan fingerprint density at radius 3 is 2.63 bits per heavy atom. The van der Waals surface area contributed by atoms with Crippen molar-refractivity contribution in [2.75, 3.05) is 23.0 Å². The lowest BCUT2D eigenvalue weighted by atomic mass is 9.97. The molecule has 35 heavy (non-hydrogen) atoms. The van der Waals surface area contributed by atoms with Crippen LogP contribution in [0.5, 0.6) is 0 Å². The third-order valence-electron chi connectivity index (χ3n) is 7.83. The van der Waals surface area contributed by atoms with Gasteiger partial charge in [-0.25, -0.2) is 9.37 Å². The quantitative estimate of drug-likeness (QED) is 0.490. The van der Waals surface area contributed by atoms with Gasteiger partial charge in [-0.15, -0.1) is 0 Å². The number of ether oxygens (including phenoxy) is 1. The fraction of sp³-hybridized carbons (Fsp3) is 0.346. The number of aromatic amines is 1. The van der Waals surface area contributed by atoms with Gasteiger partial charge in [-0.1, -0.05) is 6.07 Å². The molecule has 2 bridgehead atoms. The van der Waals surface area contributed by atoms with Crippen LogP contribution in [0.3, 0.4) is 0 Å². The first kappa shape index (κ1) is 20.6. The van der Waals surface area contributed by atoms with Crippen molar-refractivity contribution in [3.8, 4) is 0 Å². The molecule has 1 amide bonds. The summed E-state index contributed by atoms with van der Waals surface area (Å²) in [5, 5.41) is 4.49. The molecular formula is C26H25FN6O2. The summed E-state index contributed by atoms with van der Waals surface area (Å²) in [4.78, 5) is 25.0. The number of nitrogens with one attached hydrogen (secondary N) is 1. The molecule has 2 saturated heterocycles. The van der Waals surface area contributed by atoms with Crippen LogP contribution in [-0.2, 0) is 11.8 Å². The fourth-order valence-corrected chi connectivity index (χ4v) is 6.05. The van der Waals surface area contributed by atoms with Crippen LogP contribution in [0, 0.1) is 12.7 Å². The third kappa shape index (κ3) is 2.91. The molecule has 2 aromatic heterocycles. The Morgan fingerprint density at radius 1 is 1.09 bits per heavy atom. The zero-order valence-electron chi connectivity index (χ0n) is 19.5. The maximum atomic E-state index is 15.9. The lowest BCUT2D eigenvalue weighted by Gasteiger charge is -2.37. The maximum Gasteiger partial charge on any atom is 0.280 e. The Morgan fingerprint density at radius 2 is 1.86 bits per heavy atom. The molecule has 1 N–H and O–H groups in total. The van der Waals surface area contributed by atoms with Gasteiger partial charge in [0.1, 0.15) is 5.82 Å². The second kappa shape index (κ2) is 7.39. The van der Waals surface area contributed by atoms with Gasteiger partial charge in [0.15, 0.2) is 5.69 Å². The molecule has 2 aromatic carbocycles. The molecular weight excluding hydrogens is 447 g/mol. The molecule has 9 heteroatoms. The van der Waals surface area contributed by atoms with Crippen LogP contribution < -0.4 is 9.80 Å². The highest BCUT2D eigenvalue weighted by Crippen LogP contribution is 2.45. The molecule has 0 aliphatic carbocycles. The number of imidazole rings is 1. The van der Waals surface area contributed by atoms with E-state index in [1.54, 1.807) is 22.0 Å². The number of halogens is 1. The van der Waals surface area contributed by atoms with E-state index < -0.39 is 6.04 Å². The van der Waals surface area contributed by atoms with E-state index in [1.807, 2.05) is 44.3 Å². The number of rotatable bonds is 3. The molecule has 5 heterocycles. The number of fused-ring (bicyclic) bond motifs is 4. The molecule has 0 spiro atoms. The summed E-state index contributed by atoms with van der Waals surface area (Å²) in [6.07, 6.45) is 3.75. The smallest absolute Gasteiger partial charge is 0.280 e. The fourth-order valence-electron chi connectivity index (χ4n) is 6.05. The monoisotopic (exact) mass is 472 g/mol. The number of benzene rings is 2. The highest BCUT2D eigenvalue weighted by atomic mass is 19.1. The molecule has 0 saturated carbocycles. The SMILES string of the molecule is Cc1c2c(nn1C)C(=O)N(c1ccc3nc[nH]c3c1)C2c1ccc(N2C3CCC2COC3)cc1F. The molecule has 3 atom stereocenters. The van der Waals surface area contributed by atoms with E-state index in [4.69, 9.17) is 4.74 Å². The molecule has 8 nitrogen and oxygen atoms in total. The highest BCUT2D eigenvalue weighted by molar-refractivity contribution is 6.11. The Balaban J connectivity index is 1.35. The number of anilines is 2. The first-order valence-corrected chi connectivity index (χ1v) is 12.0. The predicted molar refractivity (Wildman–Crippen MR) is 129 cm³/mol. The molecule has 4 aromatic rings.